The van der Waals surface area contributed by atoms with E-state index in [4.69, 9.17) is 39.5 Å². The molecule has 0 radical (unpaired) electrons. The second-order valence-electron chi connectivity index (χ2n) is 7.30. The third-order valence-corrected chi connectivity index (χ3v) is 6.30. The highest BCUT2D eigenvalue weighted by Crippen LogP contribution is 2.46. The van der Waals surface area contributed by atoms with Gasteiger partial charge in [0.15, 0.2) is 11.7 Å². The molecular formula is C21H16Cl3F3N4O2. The summed E-state index contributed by atoms with van der Waals surface area (Å²) in [6, 6.07) is 8.32. The van der Waals surface area contributed by atoms with E-state index in [1.807, 2.05) is 0 Å². The van der Waals surface area contributed by atoms with Crippen LogP contribution in [0.2, 0.25) is 15.1 Å². The molecule has 4 rings (SSSR count). The molecule has 1 aromatic heterocycles. The molecule has 0 saturated heterocycles. The van der Waals surface area contributed by atoms with Crippen molar-refractivity contribution in [1.82, 2.24) is 9.78 Å². The van der Waals surface area contributed by atoms with E-state index in [2.05, 4.69) is 15.7 Å². The van der Waals surface area contributed by atoms with E-state index in [1.165, 1.54) is 25.3 Å². The molecule has 0 aliphatic carbocycles. The van der Waals surface area contributed by atoms with Gasteiger partial charge in [-0.2, -0.15) is 18.3 Å². The maximum absolute atomic E-state index is 13.9. The number of fused-ring (bicyclic) bond motifs is 1. The highest BCUT2D eigenvalue weighted by Gasteiger charge is 2.47. The number of carbonyl (C=O) groups excluding carboxylic acids is 1. The van der Waals surface area contributed by atoms with Gasteiger partial charge in [-0.25, -0.2) is 4.68 Å². The van der Waals surface area contributed by atoms with Crippen LogP contribution in [0.5, 0.6) is 5.75 Å². The number of nitrogens with one attached hydrogen (secondary N) is 2. The zero-order chi connectivity index (χ0) is 23.9. The quantitative estimate of drug-likeness (QED) is 0.399. The number of rotatable bonds is 4. The van der Waals surface area contributed by atoms with Crippen LogP contribution >= 0.6 is 34.8 Å². The molecule has 6 nitrogen and oxygen atoms in total. The molecule has 0 spiro atoms. The number of hydrogen-bond donors (Lipinski definition) is 2. The Kier molecular flexibility index (Phi) is 6.39. The predicted octanol–water partition coefficient (Wildman–Crippen LogP) is 6.76. The molecule has 0 unspecified atom stereocenters. The molecule has 2 aromatic carbocycles. The first-order valence-corrected chi connectivity index (χ1v) is 10.7. The van der Waals surface area contributed by atoms with Crippen LogP contribution in [-0.2, 0) is 0 Å². The van der Waals surface area contributed by atoms with Crippen LogP contribution in [0.15, 0.2) is 42.5 Å². The first-order valence-electron chi connectivity index (χ1n) is 9.60. The average molecular weight is 520 g/mol. The number of benzene rings is 2. The van der Waals surface area contributed by atoms with Crippen LogP contribution in [0.3, 0.4) is 0 Å². The SMILES string of the molecule is COc1ccc([C@@H]2C[C@H](C(F)(F)F)n3nc(C(=O)Nc4ccc(Cl)c(Cl)c4)c(Cl)c3N2)cc1. The predicted molar refractivity (Wildman–Crippen MR) is 121 cm³/mol. The minimum Gasteiger partial charge on any atom is -0.497 e. The number of nitrogens with zero attached hydrogens (tertiary/aromatic N) is 2. The van der Waals surface area contributed by atoms with Crippen LogP contribution in [-0.4, -0.2) is 29.0 Å². The van der Waals surface area contributed by atoms with Crippen molar-refractivity contribution in [3.05, 3.63) is 68.8 Å². The van der Waals surface area contributed by atoms with Crippen molar-refractivity contribution in [3.63, 3.8) is 0 Å². The number of alkyl halides is 3. The van der Waals surface area contributed by atoms with Crippen molar-refractivity contribution >= 4 is 52.2 Å². The van der Waals surface area contributed by atoms with Crippen molar-refractivity contribution < 1.29 is 22.7 Å². The van der Waals surface area contributed by atoms with Gasteiger partial charge in [-0.05, 0) is 35.9 Å². The van der Waals surface area contributed by atoms with E-state index in [0.29, 0.717) is 16.0 Å². The fourth-order valence-corrected chi connectivity index (χ4v) is 4.12. The maximum atomic E-state index is 13.9. The van der Waals surface area contributed by atoms with Gasteiger partial charge in [0, 0.05) is 12.1 Å². The maximum Gasteiger partial charge on any atom is 0.410 e. The molecule has 12 heteroatoms. The first kappa shape index (κ1) is 23.5. The van der Waals surface area contributed by atoms with E-state index in [1.54, 1.807) is 24.3 Å². The topological polar surface area (TPSA) is 68.2 Å². The minimum atomic E-state index is -4.62. The fourth-order valence-electron chi connectivity index (χ4n) is 3.55. The van der Waals surface area contributed by atoms with Gasteiger partial charge < -0.3 is 15.4 Å². The van der Waals surface area contributed by atoms with Gasteiger partial charge >= 0.3 is 6.18 Å². The Morgan fingerprint density at radius 3 is 2.45 bits per heavy atom. The largest absolute Gasteiger partial charge is 0.497 e. The summed E-state index contributed by atoms with van der Waals surface area (Å²) in [5, 5.41) is 9.67. The Labute approximate surface area is 201 Å². The van der Waals surface area contributed by atoms with Crippen molar-refractivity contribution in [2.24, 2.45) is 0 Å². The molecule has 0 saturated carbocycles. The van der Waals surface area contributed by atoms with Crippen LogP contribution < -0.4 is 15.4 Å². The highest BCUT2D eigenvalue weighted by atomic mass is 35.5. The number of hydrogen-bond acceptors (Lipinski definition) is 4. The second kappa shape index (κ2) is 8.96. The van der Waals surface area contributed by atoms with Crippen LogP contribution in [0.4, 0.5) is 24.7 Å². The van der Waals surface area contributed by atoms with Crippen LogP contribution in [0.1, 0.15) is 34.6 Å². The summed E-state index contributed by atoms with van der Waals surface area (Å²) in [6.07, 6.45) is -4.96. The first-order chi connectivity index (χ1) is 15.6. The normalized spacial score (nSPS) is 17.8. The van der Waals surface area contributed by atoms with E-state index >= 15 is 0 Å². The van der Waals surface area contributed by atoms with E-state index in [0.717, 1.165) is 0 Å². The Hall–Kier alpha value is -2.62. The molecule has 3 aromatic rings. The summed E-state index contributed by atoms with van der Waals surface area (Å²) in [4.78, 5) is 12.8. The second-order valence-corrected chi connectivity index (χ2v) is 8.49. The van der Waals surface area contributed by atoms with Crippen LogP contribution in [0, 0.1) is 0 Å². The molecule has 2 N–H and O–H groups in total. The lowest BCUT2D eigenvalue weighted by atomic mass is 9.97. The standard InChI is InChI=1S/C21H16Cl3F3N4O2/c1-33-12-5-2-10(3-6-12)15-9-16(21(25,26)27)31-19(29-15)17(24)18(30-31)20(32)28-11-4-7-13(22)14(23)8-11/h2-8,15-16,29H,9H2,1H3,(H,28,32)/t15-,16+/m0/s1. The Balaban J connectivity index is 1.68. The summed E-state index contributed by atoms with van der Waals surface area (Å²) in [5.74, 6) is -0.305. The highest BCUT2D eigenvalue weighted by molar-refractivity contribution is 6.42. The smallest absolute Gasteiger partial charge is 0.410 e. The molecule has 1 amide bonds. The molecule has 0 bridgehead atoms. The van der Waals surface area contributed by atoms with Gasteiger partial charge in [-0.15, -0.1) is 0 Å². The average Bonchev–Trinajstić information content (AvgIpc) is 3.11. The van der Waals surface area contributed by atoms with Crippen molar-refractivity contribution in [3.8, 4) is 5.75 Å². The lowest BCUT2D eigenvalue weighted by Crippen LogP contribution is -2.35. The summed E-state index contributed by atoms with van der Waals surface area (Å²) in [7, 11) is 1.50. The van der Waals surface area contributed by atoms with Gasteiger partial charge in [0.2, 0.25) is 0 Å². The van der Waals surface area contributed by atoms with Gasteiger partial charge in [0.1, 0.15) is 16.6 Å². The van der Waals surface area contributed by atoms with E-state index < -0.39 is 24.2 Å². The monoisotopic (exact) mass is 518 g/mol. The van der Waals surface area contributed by atoms with Gasteiger partial charge in [-0.3, -0.25) is 4.79 Å². The molecular weight excluding hydrogens is 504 g/mol. The lowest BCUT2D eigenvalue weighted by Gasteiger charge is -2.33. The molecule has 0 fully saturated rings. The summed E-state index contributed by atoms with van der Waals surface area (Å²) in [6.45, 7) is 0. The number of aromatic nitrogens is 2. The Bertz CT molecular complexity index is 1200. The summed E-state index contributed by atoms with van der Waals surface area (Å²) in [5.41, 5.74) is 0.540. The zero-order valence-electron chi connectivity index (χ0n) is 16.9. The summed E-state index contributed by atoms with van der Waals surface area (Å²) < 4.78 is 47.6. The third-order valence-electron chi connectivity index (χ3n) is 5.21. The molecule has 2 heterocycles. The fraction of sp³-hybridized carbons (Fsp3) is 0.238. The van der Waals surface area contributed by atoms with E-state index in [9.17, 15) is 18.0 Å². The van der Waals surface area contributed by atoms with E-state index in [-0.39, 0.29) is 38.7 Å². The number of amides is 1. The number of ether oxygens (including phenoxy) is 1. The molecule has 2 atom stereocenters. The van der Waals surface area contributed by atoms with Gasteiger partial charge in [0.05, 0.1) is 23.2 Å². The van der Waals surface area contributed by atoms with Gasteiger partial charge in [0.25, 0.3) is 5.91 Å². The lowest BCUT2D eigenvalue weighted by molar-refractivity contribution is -0.173. The zero-order valence-corrected chi connectivity index (χ0v) is 19.1. The third kappa shape index (κ3) is 4.71. The molecule has 1 aliphatic heterocycles. The number of anilines is 2. The molecule has 1 aliphatic rings. The number of methoxy groups -OCH3 is 1. The summed E-state index contributed by atoms with van der Waals surface area (Å²) >= 11 is 18.1. The molecule has 33 heavy (non-hydrogen) atoms. The van der Waals surface area contributed by atoms with Gasteiger partial charge in [-0.1, -0.05) is 46.9 Å². The minimum absolute atomic E-state index is 0.0923. The Morgan fingerprint density at radius 1 is 1.15 bits per heavy atom. The molecule has 174 valence electrons. The van der Waals surface area contributed by atoms with Crippen molar-refractivity contribution in [1.29, 1.82) is 0 Å². The number of carbonyl (C=O) groups is 1. The number of halogens is 6. The Morgan fingerprint density at radius 2 is 1.85 bits per heavy atom. The van der Waals surface area contributed by atoms with Crippen molar-refractivity contribution in [2.45, 2.75) is 24.7 Å². The van der Waals surface area contributed by atoms with Crippen LogP contribution in [0.25, 0.3) is 0 Å². The van der Waals surface area contributed by atoms with Crippen molar-refractivity contribution in [2.75, 3.05) is 17.7 Å².